The average molecular weight is 200 g/mol. The Hall–Kier alpha value is -0.770. The van der Waals surface area contributed by atoms with Crippen LogP contribution in [0.25, 0.3) is 0 Å². The number of ether oxygens (including phenoxy) is 1. The molecule has 0 saturated heterocycles. The van der Waals surface area contributed by atoms with Gasteiger partial charge in [-0.1, -0.05) is 18.5 Å². The predicted molar refractivity (Wildman–Crippen MR) is 55.4 cm³/mol. The highest BCUT2D eigenvalue weighted by atomic mass is 16.5. The zero-order valence-electron chi connectivity index (χ0n) is 8.99. The van der Waals surface area contributed by atoms with E-state index in [1.165, 1.54) is 6.42 Å². The first-order chi connectivity index (χ1) is 6.64. The molecule has 3 N–H and O–H groups in total. The third kappa shape index (κ3) is 2.18. The van der Waals surface area contributed by atoms with Crippen molar-refractivity contribution in [2.24, 2.45) is 16.8 Å². The summed E-state index contributed by atoms with van der Waals surface area (Å²) < 4.78 is 5.68. The molecule has 1 aliphatic rings. The van der Waals surface area contributed by atoms with Gasteiger partial charge in [-0.2, -0.15) is 0 Å². The van der Waals surface area contributed by atoms with E-state index < -0.39 is 5.60 Å². The molecule has 1 saturated carbocycles. The SMILES string of the molecule is CCOC1(C(N)=NO)CCCC(C)C1. The van der Waals surface area contributed by atoms with Crippen LogP contribution in [0.2, 0.25) is 0 Å². The molecule has 0 aliphatic heterocycles. The second-order valence-corrected chi connectivity index (χ2v) is 4.11. The fourth-order valence-corrected chi connectivity index (χ4v) is 2.31. The Morgan fingerprint density at radius 1 is 1.71 bits per heavy atom. The Morgan fingerprint density at radius 2 is 2.43 bits per heavy atom. The van der Waals surface area contributed by atoms with Gasteiger partial charge in [0.05, 0.1) is 0 Å². The molecule has 0 heterocycles. The van der Waals surface area contributed by atoms with Gasteiger partial charge >= 0.3 is 0 Å². The summed E-state index contributed by atoms with van der Waals surface area (Å²) in [6.45, 7) is 4.71. The number of rotatable bonds is 3. The molecule has 0 aromatic heterocycles. The van der Waals surface area contributed by atoms with Crippen LogP contribution >= 0.6 is 0 Å². The van der Waals surface area contributed by atoms with Crippen molar-refractivity contribution in [3.8, 4) is 0 Å². The van der Waals surface area contributed by atoms with Crippen LogP contribution in [0.5, 0.6) is 0 Å². The normalized spacial score (nSPS) is 34.4. The summed E-state index contributed by atoms with van der Waals surface area (Å²) in [5.74, 6) is 0.807. The minimum absolute atomic E-state index is 0.228. The van der Waals surface area contributed by atoms with E-state index in [1.54, 1.807) is 0 Å². The maximum atomic E-state index is 8.75. The van der Waals surface area contributed by atoms with Gasteiger partial charge in [-0.25, -0.2) is 0 Å². The van der Waals surface area contributed by atoms with Crippen molar-refractivity contribution in [2.45, 2.75) is 45.1 Å². The van der Waals surface area contributed by atoms with Crippen molar-refractivity contribution < 1.29 is 9.94 Å². The summed E-state index contributed by atoms with van der Waals surface area (Å²) in [4.78, 5) is 0. The minimum Gasteiger partial charge on any atom is -0.409 e. The fourth-order valence-electron chi connectivity index (χ4n) is 2.31. The van der Waals surface area contributed by atoms with Gasteiger partial charge in [-0.15, -0.1) is 0 Å². The molecule has 0 aromatic rings. The summed E-state index contributed by atoms with van der Waals surface area (Å²) in [7, 11) is 0. The molecule has 1 fully saturated rings. The first kappa shape index (κ1) is 11.3. The van der Waals surface area contributed by atoms with E-state index in [4.69, 9.17) is 15.7 Å². The van der Waals surface area contributed by atoms with Crippen LogP contribution in [0.1, 0.15) is 39.5 Å². The van der Waals surface area contributed by atoms with Crippen molar-refractivity contribution in [1.82, 2.24) is 0 Å². The lowest BCUT2D eigenvalue weighted by Crippen LogP contribution is -2.49. The largest absolute Gasteiger partial charge is 0.409 e. The topological polar surface area (TPSA) is 67.8 Å². The molecule has 0 aromatic carbocycles. The van der Waals surface area contributed by atoms with Gasteiger partial charge in [0.25, 0.3) is 0 Å². The van der Waals surface area contributed by atoms with Crippen LogP contribution in [0.4, 0.5) is 0 Å². The van der Waals surface area contributed by atoms with E-state index in [1.807, 2.05) is 6.92 Å². The Balaban J connectivity index is 2.79. The number of hydrogen-bond acceptors (Lipinski definition) is 3. The summed E-state index contributed by atoms with van der Waals surface area (Å²) in [5.41, 5.74) is 5.19. The van der Waals surface area contributed by atoms with Crippen molar-refractivity contribution >= 4 is 5.84 Å². The standard InChI is InChI=1S/C10H20N2O2/c1-3-14-10(9(11)12-13)6-4-5-8(2)7-10/h8,13H,3-7H2,1-2H3,(H2,11,12). The van der Waals surface area contributed by atoms with E-state index in [0.29, 0.717) is 12.5 Å². The maximum absolute atomic E-state index is 8.75. The second-order valence-electron chi connectivity index (χ2n) is 4.11. The monoisotopic (exact) mass is 200 g/mol. The molecule has 2 atom stereocenters. The Morgan fingerprint density at radius 3 is 2.93 bits per heavy atom. The van der Waals surface area contributed by atoms with E-state index in [9.17, 15) is 0 Å². The summed E-state index contributed by atoms with van der Waals surface area (Å²) >= 11 is 0. The first-order valence-electron chi connectivity index (χ1n) is 5.26. The van der Waals surface area contributed by atoms with Crippen LogP contribution in [0, 0.1) is 5.92 Å². The molecular weight excluding hydrogens is 180 g/mol. The van der Waals surface area contributed by atoms with Gasteiger partial charge in [0.1, 0.15) is 5.60 Å². The molecule has 4 heteroatoms. The first-order valence-corrected chi connectivity index (χ1v) is 5.26. The second kappa shape index (κ2) is 4.64. The number of nitrogens with two attached hydrogens (primary N) is 1. The van der Waals surface area contributed by atoms with E-state index in [2.05, 4.69) is 12.1 Å². The summed E-state index contributed by atoms with van der Waals surface area (Å²) in [6, 6.07) is 0. The summed E-state index contributed by atoms with van der Waals surface area (Å²) in [5, 5.41) is 11.9. The molecule has 0 spiro atoms. The van der Waals surface area contributed by atoms with E-state index in [0.717, 1.165) is 19.3 Å². The van der Waals surface area contributed by atoms with Gasteiger partial charge in [-0.05, 0) is 32.1 Å². The van der Waals surface area contributed by atoms with Gasteiger partial charge in [0.15, 0.2) is 5.84 Å². The number of oxime groups is 1. The lowest BCUT2D eigenvalue weighted by molar-refractivity contribution is -0.0263. The molecule has 2 unspecified atom stereocenters. The van der Waals surface area contributed by atoms with Gasteiger partial charge in [0.2, 0.25) is 0 Å². The van der Waals surface area contributed by atoms with Gasteiger partial charge in [-0.3, -0.25) is 0 Å². The van der Waals surface area contributed by atoms with E-state index in [-0.39, 0.29) is 5.84 Å². The number of nitrogens with zero attached hydrogens (tertiary/aromatic N) is 1. The van der Waals surface area contributed by atoms with Crippen molar-refractivity contribution in [1.29, 1.82) is 0 Å². The lowest BCUT2D eigenvalue weighted by atomic mass is 9.78. The Bertz CT molecular complexity index is 214. The fraction of sp³-hybridized carbons (Fsp3) is 0.900. The third-order valence-electron chi connectivity index (χ3n) is 2.95. The average Bonchev–Trinajstić information content (AvgIpc) is 2.17. The molecule has 4 nitrogen and oxygen atoms in total. The minimum atomic E-state index is -0.513. The van der Waals surface area contributed by atoms with Gasteiger partial charge in [0, 0.05) is 6.61 Å². The molecule has 82 valence electrons. The van der Waals surface area contributed by atoms with Crippen LogP contribution in [-0.4, -0.2) is 23.3 Å². The van der Waals surface area contributed by atoms with E-state index >= 15 is 0 Å². The zero-order valence-corrected chi connectivity index (χ0v) is 8.99. The number of hydrogen-bond donors (Lipinski definition) is 2. The molecule has 14 heavy (non-hydrogen) atoms. The molecule has 1 aliphatic carbocycles. The molecule has 1 rings (SSSR count). The van der Waals surface area contributed by atoms with Crippen molar-refractivity contribution in [3.63, 3.8) is 0 Å². The molecule has 0 radical (unpaired) electrons. The number of amidine groups is 1. The Kier molecular flexibility index (Phi) is 3.75. The molecule has 0 amide bonds. The van der Waals surface area contributed by atoms with Gasteiger partial charge < -0.3 is 15.7 Å². The molecule has 0 bridgehead atoms. The quantitative estimate of drug-likeness (QED) is 0.315. The highest BCUT2D eigenvalue weighted by Gasteiger charge is 2.39. The molecular formula is C10H20N2O2. The van der Waals surface area contributed by atoms with Crippen LogP contribution in [0.15, 0.2) is 5.16 Å². The van der Waals surface area contributed by atoms with Crippen molar-refractivity contribution in [3.05, 3.63) is 0 Å². The van der Waals surface area contributed by atoms with Crippen LogP contribution in [0.3, 0.4) is 0 Å². The predicted octanol–water partition coefficient (Wildman–Crippen LogP) is 1.72. The Labute approximate surface area is 85.1 Å². The lowest BCUT2D eigenvalue weighted by Gasteiger charge is -2.38. The highest BCUT2D eigenvalue weighted by Crippen LogP contribution is 2.35. The zero-order chi connectivity index (χ0) is 10.6. The van der Waals surface area contributed by atoms with Crippen molar-refractivity contribution in [2.75, 3.05) is 6.61 Å². The smallest absolute Gasteiger partial charge is 0.171 e. The third-order valence-corrected chi connectivity index (χ3v) is 2.95. The summed E-state index contributed by atoms with van der Waals surface area (Å²) in [6.07, 6.45) is 4.00. The maximum Gasteiger partial charge on any atom is 0.171 e. The van der Waals surface area contributed by atoms with Crippen LogP contribution < -0.4 is 5.73 Å². The highest BCUT2D eigenvalue weighted by molar-refractivity contribution is 5.88. The van der Waals surface area contributed by atoms with Crippen LogP contribution in [-0.2, 0) is 4.74 Å².